The van der Waals surface area contributed by atoms with E-state index in [0.717, 1.165) is 0 Å². The van der Waals surface area contributed by atoms with Gasteiger partial charge in [-0.25, -0.2) is 15.3 Å². The summed E-state index contributed by atoms with van der Waals surface area (Å²) in [5.41, 5.74) is 0.704. The number of hydroxylamine groups is 1. The summed E-state index contributed by atoms with van der Waals surface area (Å²) in [6.07, 6.45) is 1.17. The SMILES string of the molecule is O=C(NO)c1ccnc(=O)[nH]1. The van der Waals surface area contributed by atoms with Gasteiger partial charge in [-0.2, -0.15) is 0 Å². The van der Waals surface area contributed by atoms with Gasteiger partial charge in [-0.05, 0) is 6.07 Å². The molecular formula is C5H5N3O3. The summed E-state index contributed by atoms with van der Waals surface area (Å²) in [6, 6.07) is 1.27. The Labute approximate surface area is 60.9 Å². The van der Waals surface area contributed by atoms with E-state index in [1.807, 2.05) is 0 Å². The quantitative estimate of drug-likeness (QED) is 0.354. The molecule has 1 amide bonds. The highest BCUT2D eigenvalue weighted by Gasteiger charge is 2.02. The molecule has 0 fully saturated rings. The summed E-state index contributed by atoms with van der Waals surface area (Å²) in [5.74, 6) is -0.774. The number of carbonyl (C=O) groups is 1. The van der Waals surface area contributed by atoms with Crippen molar-refractivity contribution in [3.63, 3.8) is 0 Å². The minimum absolute atomic E-state index is 0.0347. The molecule has 0 unspecified atom stereocenters. The van der Waals surface area contributed by atoms with Crippen LogP contribution in [0.2, 0.25) is 0 Å². The summed E-state index contributed by atoms with van der Waals surface area (Å²) >= 11 is 0. The molecule has 1 heterocycles. The number of nitrogens with zero attached hydrogens (tertiary/aromatic N) is 1. The van der Waals surface area contributed by atoms with E-state index < -0.39 is 11.6 Å². The molecule has 0 saturated carbocycles. The highest BCUT2D eigenvalue weighted by molar-refractivity contribution is 5.91. The molecule has 11 heavy (non-hydrogen) atoms. The zero-order valence-electron chi connectivity index (χ0n) is 5.37. The molecule has 6 nitrogen and oxygen atoms in total. The van der Waals surface area contributed by atoms with Crippen molar-refractivity contribution in [1.29, 1.82) is 0 Å². The van der Waals surface area contributed by atoms with Crippen LogP contribution in [-0.2, 0) is 0 Å². The number of rotatable bonds is 1. The topological polar surface area (TPSA) is 95.1 Å². The summed E-state index contributed by atoms with van der Waals surface area (Å²) < 4.78 is 0. The van der Waals surface area contributed by atoms with Gasteiger partial charge in [0.2, 0.25) is 0 Å². The smallest absolute Gasteiger partial charge is 0.301 e. The Morgan fingerprint density at radius 2 is 2.45 bits per heavy atom. The fourth-order valence-electron chi connectivity index (χ4n) is 0.561. The lowest BCUT2D eigenvalue weighted by Gasteiger charge is -1.94. The Kier molecular flexibility index (Phi) is 1.98. The lowest BCUT2D eigenvalue weighted by Crippen LogP contribution is -2.23. The van der Waals surface area contributed by atoms with Gasteiger partial charge in [0.05, 0.1) is 0 Å². The van der Waals surface area contributed by atoms with Gasteiger partial charge in [0, 0.05) is 6.20 Å². The zero-order valence-corrected chi connectivity index (χ0v) is 5.37. The first-order chi connectivity index (χ1) is 5.24. The van der Waals surface area contributed by atoms with Gasteiger partial charge >= 0.3 is 5.69 Å². The van der Waals surface area contributed by atoms with E-state index in [-0.39, 0.29) is 5.69 Å². The largest absolute Gasteiger partial charge is 0.345 e. The molecule has 0 saturated heterocycles. The number of hydrogen-bond acceptors (Lipinski definition) is 4. The highest BCUT2D eigenvalue weighted by Crippen LogP contribution is 1.85. The van der Waals surface area contributed by atoms with Crippen LogP contribution in [0.1, 0.15) is 10.5 Å². The summed E-state index contributed by atoms with van der Waals surface area (Å²) in [6.45, 7) is 0. The maximum absolute atomic E-state index is 10.6. The Hall–Kier alpha value is -1.69. The molecule has 3 N–H and O–H groups in total. The van der Waals surface area contributed by atoms with Crippen molar-refractivity contribution in [1.82, 2.24) is 15.4 Å². The van der Waals surface area contributed by atoms with Crippen molar-refractivity contribution in [3.05, 3.63) is 28.4 Å². The van der Waals surface area contributed by atoms with Crippen LogP contribution in [-0.4, -0.2) is 21.1 Å². The normalized spacial score (nSPS) is 9.18. The van der Waals surface area contributed by atoms with Crippen molar-refractivity contribution in [2.45, 2.75) is 0 Å². The lowest BCUT2D eigenvalue weighted by atomic mass is 10.4. The second-order valence-electron chi connectivity index (χ2n) is 1.73. The van der Waals surface area contributed by atoms with Gasteiger partial charge in [-0.1, -0.05) is 0 Å². The number of H-pyrrole nitrogens is 1. The summed E-state index contributed by atoms with van der Waals surface area (Å²) in [7, 11) is 0. The average molecular weight is 155 g/mol. The molecule has 0 radical (unpaired) electrons. The van der Waals surface area contributed by atoms with Crippen molar-refractivity contribution in [2.75, 3.05) is 0 Å². The van der Waals surface area contributed by atoms with E-state index in [9.17, 15) is 9.59 Å². The number of hydrogen-bond donors (Lipinski definition) is 3. The summed E-state index contributed by atoms with van der Waals surface area (Å²) in [4.78, 5) is 26.5. The maximum atomic E-state index is 10.6. The Bertz CT molecular complexity index is 319. The average Bonchev–Trinajstić information content (AvgIpc) is 2.03. The molecule has 0 aromatic carbocycles. The minimum atomic E-state index is -0.774. The van der Waals surface area contributed by atoms with Crippen LogP contribution in [0.5, 0.6) is 0 Å². The van der Waals surface area contributed by atoms with Crippen LogP contribution in [0.3, 0.4) is 0 Å². The highest BCUT2D eigenvalue weighted by atomic mass is 16.5. The molecule has 0 aliphatic heterocycles. The van der Waals surface area contributed by atoms with Crippen LogP contribution < -0.4 is 11.2 Å². The predicted octanol–water partition coefficient (Wildman–Crippen LogP) is -1.11. The third kappa shape index (κ3) is 1.62. The lowest BCUT2D eigenvalue weighted by molar-refractivity contribution is 0.0700. The van der Waals surface area contributed by atoms with Crippen molar-refractivity contribution >= 4 is 5.91 Å². The fraction of sp³-hybridized carbons (Fsp3) is 0. The van der Waals surface area contributed by atoms with Gasteiger partial charge < -0.3 is 4.98 Å². The van der Waals surface area contributed by atoms with Crippen LogP contribution in [0.25, 0.3) is 0 Å². The van der Waals surface area contributed by atoms with Gasteiger partial charge in [-0.15, -0.1) is 0 Å². The van der Waals surface area contributed by atoms with Crippen LogP contribution in [0.15, 0.2) is 17.1 Å². The molecule has 1 aromatic heterocycles. The van der Waals surface area contributed by atoms with Gasteiger partial charge in [0.25, 0.3) is 5.91 Å². The first-order valence-electron chi connectivity index (χ1n) is 2.74. The Morgan fingerprint density at radius 3 is 3.00 bits per heavy atom. The van der Waals surface area contributed by atoms with Gasteiger partial charge in [-0.3, -0.25) is 10.0 Å². The first-order valence-corrected chi connectivity index (χ1v) is 2.74. The Balaban J connectivity index is 3.05. The first kappa shape index (κ1) is 7.42. The third-order valence-corrected chi connectivity index (χ3v) is 1.02. The van der Waals surface area contributed by atoms with E-state index in [0.29, 0.717) is 0 Å². The molecule has 0 spiro atoms. The molecular weight excluding hydrogens is 150 g/mol. The van der Waals surface area contributed by atoms with Gasteiger partial charge in [0.15, 0.2) is 0 Å². The predicted molar refractivity (Wildman–Crippen MR) is 34.1 cm³/mol. The Morgan fingerprint density at radius 1 is 1.73 bits per heavy atom. The van der Waals surface area contributed by atoms with Crippen molar-refractivity contribution in [3.8, 4) is 0 Å². The molecule has 0 bridgehead atoms. The standard InChI is InChI=1S/C5H5N3O3/c9-4(8-11)3-1-2-6-5(10)7-3/h1-2,11H,(H,8,9)(H,6,7,10). The van der Waals surface area contributed by atoms with E-state index >= 15 is 0 Å². The second kappa shape index (κ2) is 2.93. The molecule has 6 heteroatoms. The third-order valence-electron chi connectivity index (χ3n) is 1.02. The van der Waals surface area contributed by atoms with E-state index in [1.165, 1.54) is 17.7 Å². The summed E-state index contributed by atoms with van der Waals surface area (Å²) in [5, 5.41) is 8.14. The number of aromatic amines is 1. The maximum Gasteiger partial charge on any atom is 0.345 e. The zero-order chi connectivity index (χ0) is 8.27. The van der Waals surface area contributed by atoms with Crippen LogP contribution in [0.4, 0.5) is 0 Å². The van der Waals surface area contributed by atoms with Crippen molar-refractivity contribution < 1.29 is 10.0 Å². The minimum Gasteiger partial charge on any atom is -0.301 e. The molecule has 0 aliphatic rings. The molecule has 1 rings (SSSR count). The molecule has 0 aliphatic carbocycles. The monoisotopic (exact) mass is 155 g/mol. The molecule has 0 atom stereocenters. The fourth-order valence-corrected chi connectivity index (χ4v) is 0.561. The second-order valence-corrected chi connectivity index (χ2v) is 1.73. The van der Waals surface area contributed by atoms with Crippen LogP contribution >= 0.6 is 0 Å². The van der Waals surface area contributed by atoms with E-state index in [4.69, 9.17) is 5.21 Å². The molecule has 58 valence electrons. The van der Waals surface area contributed by atoms with Crippen molar-refractivity contribution in [2.24, 2.45) is 0 Å². The van der Waals surface area contributed by atoms with Crippen LogP contribution in [0, 0.1) is 0 Å². The van der Waals surface area contributed by atoms with E-state index in [2.05, 4.69) is 9.97 Å². The number of carbonyl (C=O) groups excluding carboxylic acids is 1. The van der Waals surface area contributed by atoms with E-state index in [1.54, 1.807) is 0 Å². The number of nitrogens with one attached hydrogen (secondary N) is 2. The number of aromatic nitrogens is 2. The number of amides is 1. The molecule has 1 aromatic rings. The van der Waals surface area contributed by atoms with Gasteiger partial charge in [0.1, 0.15) is 5.69 Å².